The number of nitrogens with two attached hydrogens (primary N) is 2. The number of aryl methyl sites for hydroxylation is 2. The van der Waals surface area contributed by atoms with Gasteiger partial charge in [-0.1, -0.05) is 6.92 Å². The molecule has 100 valence electrons. The molecule has 0 aliphatic carbocycles. The van der Waals surface area contributed by atoms with Gasteiger partial charge in [0.15, 0.2) is 5.82 Å². The molecule has 7 nitrogen and oxygen atoms in total. The molecule has 2 heterocycles. The van der Waals surface area contributed by atoms with Crippen molar-refractivity contribution in [3.8, 4) is 0 Å². The fourth-order valence-corrected chi connectivity index (χ4v) is 1.73. The average molecular weight is 260 g/mol. The Labute approximate surface area is 110 Å². The van der Waals surface area contributed by atoms with Crippen LogP contribution < -0.4 is 16.8 Å². The molecule has 2 aromatic rings. The molecule has 19 heavy (non-hydrogen) atoms. The fraction of sp³-hybridized carbons (Fsp3) is 0.250. The molecule has 0 atom stereocenters. The number of amides is 1. The summed E-state index contributed by atoms with van der Waals surface area (Å²) in [6.07, 6.45) is 2.61. The number of primary amides is 1. The summed E-state index contributed by atoms with van der Waals surface area (Å²) in [5, 5.41) is 7.39. The monoisotopic (exact) mass is 260 g/mol. The Morgan fingerprint density at radius 1 is 1.47 bits per heavy atom. The van der Waals surface area contributed by atoms with Gasteiger partial charge in [0.2, 0.25) is 0 Å². The largest absolute Gasteiger partial charge is 0.396 e. The van der Waals surface area contributed by atoms with Gasteiger partial charge in [0.25, 0.3) is 5.91 Å². The predicted molar refractivity (Wildman–Crippen MR) is 73.0 cm³/mol. The molecule has 0 aromatic carbocycles. The first-order valence-electron chi connectivity index (χ1n) is 5.87. The highest BCUT2D eigenvalue weighted by atomic mass is 16.1. The van der Waals surface area contributed by atoms with E-state index in [1.807, 2.05) is 20.2 Å². The molecule has 2 aromatic heterocycles. The van der Waals surface area contributed by atoms with Crippen molar-refractivity contribution in [1.29, 1.82) is 0 Å². The highest BCUT2D eigenvalue weighted by molar-refractivity contribution is 5.92. The van der Waals surface area contributed by atoms with E-state index >= 15 is 0 Å². The lowest BCUT2D eigenvalue weighted by Crippen LogP contribution is -2.14. The highest BCUT2D eigenvalue weighted by Gasteiger charge is 2.11. The number of aromatic nitrogens is 3. The Hall–Kier alpha value is -2.57. The van der Waals surface area contributed by atoms with Crippen LogP contribution in [0.5, 0.6) is 0 Å². The molecule has 0 spiro atoms. The Balaban J connectivity index is 2.36. The van der Waals surface area contributed by atoms with E-state index in [1.54, 1.807) is 10.7 Å². The minimum atomic E-state index is -0.593. The molecule has 0 radical (unpaired) electrons. The number of anilines is 3. The third-order valence-corrected chi connectivity index (χ3v) is 2.67. The minimum Gasteiger partial charge on any atom is -0.396 e. The average Bonchev–Trinajstić information content (AvgIpc) is 2.72. The van der Waals surface area contributed by atoms with Gasteiger partial charge in [-0.2, -0.15) is 5.10 Å². The van der Waals surface area contributed by atoms with E-state index in [0.717, 1.165) is 17.8 Å². The third kappa shape index (κ3) is 2.65. The van der Waals surface area contributed by atoms with E-state index in [9.17, 15) is 4.79 Å². The highest BCUT2D eigenvalue weighted by Crippen LogP contribution is 2.23. The molecule has 7 heteroatoms. The first-order chi connectivity index (χ1) is 9.01. The van der Waals surface area contributed by atoms with E-state index in [4.69, 9.17) is 11.5 Å². The zero-order valence-corrected chi connectivity index (χ0v) is 10.8. The summed E-state index contributed by atoms with van der Waals surface area (Å²) < 4.78 is 1.70. The molecule has 0 fully saturated rings. The molecule has 2 rings (SSSR count). The maximum atomic E-state index is 11.1. The molecule has 0 aliphatic rings. The first-order valence-corrected chi connectivity index (χ1v) is 5.87. The van der Waals surface area contributed by atoms with Crippen LogP contribution >= 0.6 is 0 Å². The number of hydrogen-bond acceptors (Lipinski definition) is 5. The first kappa shape index (κ1) is 12.9. The maximum Gasteiger partial charge on any atom is 0.267 e. The number of hydrogen-bond donors (Lipinski definition) is 3. The molecular formula is C12H16N6O. The maximum absolute atomic E-state index is 11.1. The van der Waals surface area contributed by atoms with Crippen molar-refractivity contribution in [2.24, 2.45) is 12.8 Å². The second kappa shape index (κ2) is 4.97. The number of carbonyl (C=O) groups excluding carboxylic acids is 1. The molecule has 1 amide bonds. The molecule has 0 aliphatic heterocycles. The van der Waals surface area contributed by atoms with Crippen molar-refractivity contribution in [2.45, 2.75) is 13.3 Å². The lowest BCUT2D eigenvalue weighted by molar-refractivity contribution is 0.0996. The summed E-state index contributed by atoms with van der Waals surface area (Å²) in [5.74, 6) is -0.191. The molecule has 0 bridgehead atoms. The second-order valence-electron chi connectivity index (χ2n) is 4.14. The van der Waals surface area contributed by atoms with Gasteiger partial charge < -0.3 is 16.8 Å². The summed E-state index contributed by atoms with van der Waals surface area (Å²) in [6.45, 7) is 2.00. The summed E-state index contributed by atoms with van der Waals surface area (Å²) in [7, 11) is 1.83. The number of pyridine rings is 1. The van der Waals surface area contributed by atoms with Crippen LogP contribution in [0.25, 0.3) is 0 Å². The number of nitrogens with zero attached hydrogens (tertiary/aromatic N) is 3. The smallest absolute Gasteiger partial charge is 0.267 e. The van der Waals surface area contributed by atoms with Crippen molar-refractivity contribution >= 4 is 23.1 Å². The van der Waals surface area contributed by atoms with E-state index in [1.165, 1.54) is 6.07 Å². The Morgan fingerprint density at radius 3 is 2.84 bits per heavy atom. The van der Waals surface area contributed by atoms with Gasteiger partial charge in [-0.15, -0.1) is 0 Å². The zero-order chi connectivity index (χ0) is 14.0. The number of nitrogen functional groups attached to an aromatic ring is 1. The third-order valence-electron chi connectivity index (χ3n) is 2.67. The summed E-state index contributed by atoms with van der Waals surface area (Å²) >= 11 is 0. The van der Waals surface area contributed by atoms with Crippen LogP contribution in [0.3, 0.4) is 0 Å². The minimum absolute atomic E-state index is 0.165. The SMILES string of the molecule is CCc1nn(C)cc1Nc1nc(C(N)=O)ccc1N. The summed E-state index contributed by atoms with van der Waals surface area (Å²) in [5.41, 5.74) is 13.3. The molecule has 0 unspecified atom stereocenters. The molecular weight excluding hydrogens is 244 g/mol. The topological polar surface area (TPSA) is 112 Å². The molecule has 0 saturated heterocycles. The predicted octanol–water partition coefficient (Wildman–Crippen LogP) is 0.802. The number of nitrogens with one attached hydrogen (secondary N) is 1. The van der Waals surface area contributed by atoms with Crippen molar-refractivity contribution in [3.05, 3.63) is 29.7 Å². The molecule has 5 N–H and O–H groups in total. The van der Waals surface area contributed by atoms with Crippen molar-refractivity contribution in [2.75, 3.05) is 11.1 Å². The van der Waals surface area contributed by atoms with E-state index in [-0.39, 0.29) is 5.69 Å². The van der Waals surface area contributed by atoms with Crippen LogP contribution in [0.1, 0.15) is 23.1 Å². The van der Waals surface area contributed by atoms with Gasteiger partial charge in [0.05, 0.1) is 17.1 Å². The van der Waals surface area contributed by atoms with Gasteiger partial charge in [-0.05, 0) is 18.6 Å². The van der Waals surface area contributed by atoms with E-state index in [0.29, 0.717) is 11.5 Å². The van der Waals surface area contributed by atoms with Crippen LogP contribution in [0, 0.1) is 0 Å². The quantitative estimate of drug-likeness (QED) is 0.752. The van der Waals surface area contributed by atoms with Crippen LogP contribution in [0.15, 0.2) is 18.3 Å². The number of rotatable bonds is 4. The number of carbonyl (C=O) groups is 1. The summed E-state index contributed by atoms with van der Waals surface area (Å²) in [6, 6.07) is 3.09. The van der Waals surface area contributed by atoms with E-state index < -0.39 is 5.91 Å². The van der Waals surface area contributed by atoms with Crippen molar-refractivity contribution in [1.82, 2.24) is 14.8 Å². The second-order valence-corrected chi connectivity index (χ2v) is 4.14. The van der Waals surface area contributed by atoms with Crippen LogP contribution in [-0.2, 0) is 13.5 Å². The van der Waals surface area contributed by atoms with Crippen LogP contribution in [0.2, 0.25) is 0 Å². The van der Waals surface area contributed by atoms with Gasteiger partial charge in [-0.25, -0.2) is 4.98 Å². The van der Waals surface area contributed by atoms with Crippen LogP contribution in [0.4, 0.5) is 17.2 Å². The Morgan fingerprint density at radius 2 is 2.21 bits per heavy atom. The normalized spacial score (nSPS) is 10.4. The van der Waals surface area contributed by atoms with Gasteiger partial charge in [-0.3, -0.25) is 9.48 Å². The Bertz CT molecular complexity index is 619. The fourth-order valence-electron chi connectivity index (χ4n) is 1.73. The van der Waals surface area contributed by atoms with Crippen molar-refractivity contribution in [3.63, 3.8) is 0 Å². The van der Waals surface area contributed by atoms with Gasteiger partial charge >= 0.3 is 0 Å². The zero-order valence-electron chi connectivity index (χ0n) is 10.8. The lowest BCUT2D eigenvalue weighted by Gasteiger charge is -2.08. The van der Waals surface area contributed by atoms with Gasteiger partial charge in [0, 0.05) is 13.2 Å². The van der Waals surface area contributed by atoms with Crippen molar-refractivity contribution < 1.29 is 4.79 Å². The Kier molecular flexibility index (Phi) is 3.37. The van der Waals surface area contributed by atoms with E-state index in [2.05, 4.69) is 15.4 Å². The molecule has 0 saturated carbocycles. The van der Waals surface area contributed by atoms with Gasteiger partial charge in [0.1, 0.15) is 5.69 Å². The summed E-state index contributed by atoms with van der Waals surface area (Å²) in [4.78, 5) is 15.2. The standard InChI is InChI=1S/C12H16N6O/c1-3-8-10(6-18(2)17-8)16-12-7(13)4-5-9(15-12)11(14)19/h4-6H,3,13H2,1-2H3,(H2,14,19)(H,15,16). The lowest BCUT2D eigenvalue weighted by atomic mass is 10.2. The van der Waals surface area contributed by atoms with Crippen LogP contribution in [-0.4, -0.2) is 20.7 Å².